The average molecular weight is 592 g/mol. The monoisotopic (exact) mass is 591 g/mol. The molecule has 1 aliphatic carbocycles. The van der Waals surface area contributed by atoms with Crippen LogP contribution in [-0.4, -0.2) is 85.5 Å². The number of anilines is 4. The van der Waals surface area contributed by atoms with Gasteiger partial charge in [-0.15, -0.1) is 0 Å². The summed E-state index contributed by atoms with van der Waals surface area (Å²) < 4.78 is 35.8. The van der Waals surface area contributed by atoms with Crippen LogP contribution in [0.3, 0.4) is 0 Å². The number of halogens is 2. The van der Waals surface area contributed by atoms with Crippen LogP contribution in [0.1, 0.15) is 41.1 Å². The molecule has 3 aliphatic rings. The van der Waals surface area contributed by atoms with Gasteiger partial charge in [0.1, 0.15) is 11.4 Å². The summed E-state index contributed by atoms with van der Waals surface area (Å²) in [6.07, 6.45) is 3.84. The van der Waals surface area contributed by atoms with Crippen LogP contribution in [0, 0.1) is 0 Å². The van der Waals surface area contributed by atoms with Crippen molar-refractivity contribution in [1.82, 2.24) is 20.2 Å². The van der Waals surface area contributed by atoms with Crippen molar-refractivity contribution in [2.24, 2.45) is 0 Å². The molecule has 2 N–H and O–H groups in total. The van der Waals surface area contributed by atoms with Crippen LogP contribution in [0.5, 0.6) is 5.75 Å². The Bertz CT molecular complexity index is 1510. The number of carbonyl (C=O) groups excluding carboxylic acids is 2. The first-order valence-electron chi connectivity index (χ1n) is 14.4. The molecule has 2 aliphatic heterocycles. The maximum absolute atomic E-state index is 15.1. The number of alkyl halides is 2. The van der Waals surface area contributed by atoms with Crippen molar-refractivity contribution in [3.8, 4) is 5.75 Å². The first-order chi connectivity index (χ1) is 20.6. The minimum absolute atomic E-state index is 0.0445. The van der Waals surface area contributed by atoms with Crippen molar-refractivity contribution in [3.63, 3.8) is 0 Å². The van der Waals surface area contributed by atoms with E-state index in [1.165, 1.54) is 25.3 Å². The highest BCUT2D eigenvalue weighted by Crippen LogP contribution is 2.49. The molecule has 1 saturated carbocycles. The van der Waals surface area contributed by atoms with Crippen molar-refractivity contribution >= 4 is 35.0 Å². The van der Waals surface area contributed by atoms with E-state index >= 15 is 8.78 Å². The van der Waals surface area contributed by atoms with Crippen LogP contribution in [0.25, 0.3) is 0 Å². The third kappa shape index (κ3) is 5.83. The number of hydrogen-bond acceptors (Lipinski definition) is 8. The normalized spacial score (nSPS) is 22.0. The Kier molecular flexibility index (Phi) is 7.63. The molecule has 12 heteroatoms. The Balaban J connectivity index is 1.26. The molecule has 0 radical (unpaired) electrons. The number of aromatic nitrogens is 2. The van der Waals surface area contributed by atoms with Crippen LogP contribution in [0.2, 0.25) is 0 Å². The number of methoxy groups -OCH3 is 1. The van der Waals surface area contributed by atoms with Gasteiger partial charge in [-0.3, -0.25) is 9.59 Å². The van der Waals surface area contributed by atoms with Crippen LogP contribution in [0.15, 0.2) is 54.7 Å². The zero-order valence-electron chi connectivity index (χ0n) is 24.4. The van der Waals surface area contributed by atoms with Gasteiger partial charge in [0.25, 0.3) is 11.8 Å². The zero-order valence-corrected chi connectivity index (χ0v) is 24.4. The maximum Gasteiger partial charge on any atom is 0.342 e. The summed E-state index contributed by atoms with van der Waals surface area (Å²) >= 11 is 0. The van der Waals surface area contributed by atoms with E-state index in [9.17, 15) is 9.59 Å². The van der Waals surface area contributed by atoms with Gasteiger partial charge in [-0.1, -0.05) is 30.3 Å². The molecule has 2 fully saturated rings. The number of fused-ring (bicyclic) bond motifs is 1. The Labute approximate surface area is 249 Å². The van der Waals surface area contributed by atoms with Crippen LogP contribution in [-0.2, 0) is 4.79 Å². The van der Waals surface area contributed by atoms with E-state index in [0.717, 1.165) is 36.4 Å². The Morgan fingerprint density at radius 1 is 1.09 bits per heavy atom. The molecule has 0 unspecified atom stereocenters. The van der Waals surface area contributed by atoms with E-state index in [1.54, 1.807) is 18.2 Å². The number of benzene rings is 2. The fraction of sp³-hybridized carbons (Fsp3) is 0.419. The standard InChI is InChI=1S/C31H35F2N7O3/c1-38-13-11-21(12-14-38)35-28(41)20-9-10-23(26(15-20)43-3)36-30-34-17-25-27(37-30)40(18-31(32,33)29(42)39(25)2)24-16-22(24)19-7-5-4-6-8-19/h4-10,15,17,21-22,24H,11-14,16,18H2,1-3H3,(H,35,41)(H,34,36,37)/t22-,24+/m0/s1. The van der Waals surface area contributed by atoms with E-state index in [2.05, 4.69) is 32.5 Å². The number of likely N-dealkylation sites (tertiary alicyclic amines) is 1. The Hall–Kier alpha value is -4.32. The lowest BCUT2D eigenvalue weighted by Gasteiger charge is -2.29. The third-order valence-electron chi connectivity index (χ3n) is 8.52. The number of carbonyl (C=O) groups is 2. The van der Waals surface area contributed by atoms with E-state index in [4.69, 9.17) is 4.74 Å². The number of nitrogens with one attached hydrogen (secondary N) is 2. The van der Waals surface area contributed by atoms with Gasteiger partial charge in [0, 0.05) is 30.6 Å². The van der Waals surface area contributed by atoms with E-state index in [-0.39, 0.29) is 41.4 Å². The molecule has 226 valence electrons. The highest BCUT2D eigenvalue weighted by atomic mass is 19.3. The molecule has 1 aromatic heterocycles. The van der Waals surface area contributed by atoms with E-state index in [0.29, 0.717) is 23.4 Å². The number of hydrogen-bond donors (Lipinski definition) is 2. The van der Waals surface area contributed by atoms with Crippen LogP contribution < -0.4 is 25.2 Å². The van der Waals surface area contributed by atoms with Gasteiger partial charge in [-0.2, -0.15) is 13.8 Å². The lowest BCUT2D eigenvalue weighted by atomic mass is 10.0. The van der Waals surface area contributed by atoms with Crippen LogP contribution in [0.4, 0.5) is 31.9 Å². The van der Waals surface area contributed by atoms with Gasteiger partial charge >= 0.3 is 5.92 Å². The summed E-state index contributed by atoms with van der Waals surface area (Å²) in [5, 5.41) is 6.22. The Morgan fingerprint density at radius 3 is 2.56 bits per heavy atom. The molecule has 2 aromatic carbocycles. The molecule has 6 rings (SSSR count). The minimum Gasteiger partial charge on any atom is -0.495 e. The Morgan fingerprint density at radius 2 is 1.84 bits per heavy atom. The maximum atomic E-state index is 15.1. The second-order valence-corrected chi connectivity index (χ2v) is 11.5. The molecule has 0 spiro atoms. The second kappa shape index (κ2) is 11.4. The van der Waals surface area contributed by atoms with Crippen LogP contribution >= 0.6 is 0 Å². The van der Waals surface area contributed by atoms with Gasteiger partial charge < -0.3 is 30.1 Å². The average Bonchev–Trinajstić information content (AvgIpc) is 3.82. The van der Waals surface area contributed by atoms with Crippen molar-refractivity contribution in [2.75, 3.05) is 56.0 Å². The molecule has 10 nitrogen and oxygen atoms in total. The predicted octanol–water partition coefficient (Wildman–Crippen LogP) is 4.03. The van der Waals surface area contributed by atoms with Crippen molar-refractivity contribution in [3.05, 3.63) is 65.9 Å². The summed E-state index contributed by atoms with van der Waals surface area (Å²) in [7, 11) is 4.88. The van der Waals surface area contributed by atoms with Gasteiger partial charge in [0.2, 0.25) is 5.95 Å². The lowest BCUT2D eigenvalue weighted by molar-refractivity contribution is -0.140. The van der Waals surface area contributed by atoms with Crippen molar-refractivity contribution < 1.29 is 23.1 Å². The summed E-state index contributed by atoms with van der Waals surface area (Å²) in [5.41, 5.74) is 2.22. The molecule has 43 heavy (non-hydrogen) atoms. The van der Waals surface area contributed by atoms with Crippen molar-refractivity contribution in [1.29, 1.82) is 0 Å². The molecule has 3 heterocycles. The number of amides is 2. The number of nitrogens with zero attached hydrogens (tertiary/aromatic N) is 5. The largest absolute Gasteiger partial charge is 0.495 e. The summed E-state index contributed by atoms with van der Waals surface area (Å²) in [4.78, 5) is 39.3. The van der Waals surface area contributed by atoms with E-state index in [1.807, 2.05) is 30.3 Å². The molecule has 1 saturated heterocycles. The molecule has 2 amide bonds. The van der Waals surface area contributed by atoms with E-state index < -0.39 is 18.4 Å². The zero-order chi connectivity index (χ0) is 30.3. The fourth-order valence-corrected chi connectivity index (χ4v) is 5.92. The highest BCUT2D eigenvalue weighted by molar-refractivity contribution is 6.02. The highest BCUT2D eigenvalue weighted by Gasteiger charge is 2.53. The summed E-state index contributed by atoms with van der Waals surface area (Å²) in [6, 6.07) is 14.6. The number of ether oxygens (including phenoxy) is 1. The quantitative estimate of drug-likeness (QED) is 0.425. The molecule has 2 atom stereocenters. The summed E-state index contributed by atoms with van der Waals surface area (Å²) in [6.45, 7) is 1.09. The van der Waals surface area contributed by atoms with Gasteiger partial charge in [-0.25, -0.2) is 4.98 Å². The first-order valence-corrected chi connectivity index (χ1v) is 14.4. The molecular formula is C31H35F2N7O3. The van der Waals surface area contributed by atoms with Gasteiger partial charge in [0.05, 0.1) is 25.5 Å². The fourth-order valence-electron chi connectivity index (χ4n) is 5.92. The smallest absolute Gasteiger partial charge is 0.342 e. The first kappa shape index (κ1) is 28.8. The third-order valence-corrected chi connectivity index (χ3v) is 8.52. The topological polar surface area (TPSA) is 103 Å². The predicted molar refractivity (Wildman–Crippen MR) is 160 cm³/mol. The minimum atomic E-state index is -3.60. The molecule has 3 aromatic rings. The number of rotatable bonds is 7. The molecular weight excluding hydrogens is 556 g/mol. The summed E-state index contributed by atoms with van der Waals surface area (Å²) in [5.74, 6) is -4.23. The van der Waals surface area contributed by atoms with Gasteiger partial charge in [-0.05, 0) is 63.2 Å². The van der Waals surface area contributed by atoms with Gasteiger partial charge in [0.15, 0.2) is 5.82 Å². The lowest BCUT2D eigenvalue weighted by Crippen LogP contribution is -2.46. The SMILES string of the molecule is COc1cc(C(=O)NC2CCN(C)CC2)ccc1Nc1ncc2c(n1)N([C@@H]1C[C@H]1c1ccccc1)CC(F)(F)C(=O)N2C. The second-order valence-electron chi connectivity index (χ2n) is 11.5. The number of piperidine rings is 1. The van der Waals surface area contributed by atoms with Crippen molar-refractivity contribution in [2.45, 2.75) is 43.2 Å². The molecule has 0 bridgehead atoms.